The van der Waals surface area contributed by atoms with Gasteiger partial charge in [-0.3, -0.25) is 14.7 Å². The average molecular weight is 440 g/mol. The van der Waals surface area contributed by atoms with Crippen molar-refractivity contribution in [3.63, 3.8) is 0 Å². The van der Waals surface area contributed by atoms with Gasteiger partial charge in [0.15, 0.2) is 0 Å². The summed E-state index contributed by atoms with van der Waals surface area (Å²) < 4.78 is 1.54. The van der Waals surface area contributed by atoms with Crippen molar-refractivity contribution in [2.24, 2.45) is 7.05 Å². The van der Waals surface area contributed by atoms with Crippen LogP contribution in [0.25, 0.3) is 21.9 Å². The van der Waals surface area contributed by atoms with Crippen LogP contribution in [-0.2, 0) is 13.5 Å². The van der Waals surface area contributed by atoms with Crippen LogP contribution in [0, 0.1) is 13.8 Å². The molecule has 0 spiro atoms. The van der Waals surface area contributed by atoms with E-state index in [1.807, 2.05) is 74.5 Å². The smallest absolute Gasteiger partial charge is 0.322 e. The lowest BCUT2D eigenvalue weighted by molar-refractivity contribution is 0.223. The second-order valence-corrected chi connectivity index (χ2v) is 8.52. The number of carbonyl (C=O) groups is 1. The summed E-state index contributed by atoms with van der Waals surface area (Å²) in [5, 5.41) is 4.52. The molecule has 0 aliphatic rings. The monoisotopic (exact) mass is 439 g/mol. The van der Waals surface area contributed by atoms with E-state index >= 15 is 0 Å². The van der Waals surface area contributed by atoms with Crippen molar-refractivity contribution >= 4 is 22.6 Å². The fourth-order valence-corrected chi connectivity index (χ4v) is 4.06. The van der Waals surface area contributed by atoms with Gasteiger partial charge in [0.2, 0.25) is 0 Å². The Morgan fingerprint density at radius 1 is 0.909 bits per heavy atom. The number of urea groups is 1. The number of pyridine rings is 1. The molecular weight excluding hydrogens is 410 g/mol. The molecule has 1 N–H and O–H groups in total. The summed E-state index contributed by atoms with van der Waals surface area (Å²) in [7, 11) is 3.48. The molecule has 0 saturated carbocycles. The number of nitrogens with one attached hydrogen (secondary N) is 1. The molecule has 0 radical (unpaired) electrons. The number of aromatic nitrogens is 1. The number of benzene rings is 3. The maximum absolute atomic E-state index is 13.3. The van der Waals surface area contributed by atoms with Crippen molar-refractivity contribution in [2.75, 3.05) is 18.9 Å². The van der Waals surface area contributed by atoms with Crippen molar-refractivity contribution in [1.82, 2.24) is 9.47 Å². The fourth-order valence-electron chi connectivity index (χ4n) is 4.06. The zero-order chi connectivity index (χ0) is 23.5. The third-order valence-corrected chi connectivity index (χ3v) is 6.22. The van der Waals surface area contributed by atoms with Crippen LogP contribution in [-0.4, -0.2) is 29.1 Å². The van der Waals surface area contributed by atoms with Crippen LogP contribution in [0.4, 0.5) is 10.6 Å². The van der Waals surface area contributed by atoms with E-state index in [1.54, 1.807) is 23.6 Å². The first-order valence-electron chi connectivity index (χ1n) is 11.1. The van der Waals surface area contributed by atoms with E-state index in [2.05, 4.69) is 17.4 Å². The molecule has 1 aromatic heterocycles. The predicted octanol–water partition coefficient (Wildman–Crippen LogP) is 5.53. The van der Waals surface area contributed by atoms with Crippen LogP contribution < -0.4 is 10.9 Å². The molecule has 168 valence electrons. The number of carbonyl (C=O) groups excluding carboxylic acids is 1. The highest BCUT2D eigenvalue weighted by atomic mass is 16.2. The molecule has 0 saturated heterocycles. The third-order valence-electron chi connectivity index (χ3n) is 6.22. The van der Waals surface area contributed by atoms with Crippen molar-refractivity contribution in [3.8, 4) is 11.1 Å². The quantitative estimate of drug-likeness (QED) is 0.445. The van der Waals surface area contributed by atoms with Gasteiger partial charge >= 0.3 is 6.03 Å². The minimum atomic E-state index is -0.249. The number of likely N-dealkylation sites (N-methyl/N-ethyl adjacent to an activating group) is 1. The molecule has 0 fully saturated rings. The summed E-state index contributed by atoms with van der Waals surface area (Å²) in [6, 6.07) is 23.7. The molecule has 2 amide bonds. The summed E-state index contributed by atoms with van der Waals surface area (Å²) in [5.41, 5.74) is 5.01. The fraction of sp³-hybridized carbons (Fsp3) is 0.214. The normalized spacial score (nSPS) is 10.9. The molecule has 4 aromatic rings. The van der Waals surface area contributed by atoms with E-state index in [0.29, 0.717) is 17.7 Å². The minimum Gasteiger partial charge on any atom is -0.327 e. The number of hydrogen-bond acceptors (Lipinski definition) is 2. The standard InChI is InChI=1S/C28H29N3O2/c1-19-17-23-24(18-20(19)2)27(32)31(4)26(25(23)22-13-9-6-10-14-22)29-28(33)30(3)16-15-21-11-7-5-8-12-21/h5-14,17-18H,15-16H2,1-4H3,(H,29,33). The number of amides is 2. The molecular formula is C28H29N3O2. The Kier molecular flexibility index (Phi) is 6.31. The van der Waals surface area contributed by atoms with Crippen LogP contribution in [0.15, 0.2) is 77.6 Å². The molecule has 0 unspecified atom stereocenters. The number of nitrogens with zero attached hydrogens (tertiary/aromatic N) is 2. The van der Waals surface area contributed by atoms with Gasteiger partial charge in [0.1, 0.15) is 5.82 Å². The number of hydrogen-bond donors (Lipinski definition) is 1. The first-order valence-corrected chi connectivity index (χ1v) is 11.1. The van der Waals surface area contributed by atoms with Crippen LogP contribution >= 0.6 is 0 Å². The lowest BCUT2D eigenvalue weighted by Crippen LogP contribution is -2.35. The van der Waals surface area contributed by atoms with Crippen LogP contribution in [0.2, 0.25) is 0 Å². The van der Waals surface area contributed by atoms with E-state index < -0.39 is 0 Å². The molecule has 1 heterocycles. The summed E-state index contributed by atoms with van der Waals surface area (Å²) in [6.45, 7) is 4.61. The topological polar surface area (TPSA) is 54.3 Å². The zero-order valence-corrected chi connectivity index (χ0v) is 19.6. The van der Waals surface area contributed by atoms with Gasteiger partial charge in [0.25, 0.3) is 5.56 Å². The molecule has 0 aliphatic carbocycles. The van der Waals surface area contributed by atoms with Crippen LogP contribution in [0.5, 0.6) is 0 Å². The number of aryl methyl sites for hydroxylation is 2. The highest BCUT2D eigenvalue weighted by molar-refractivity contribution is 6.05. The average Bonchev–Trinajstić information content (AvgIpc) is 2.83. The van der Waals surface area contributed by atoms with Crippen molar-refractivity contribution in [3.05, 3.63) is 99.8 Å². The summed E-state index contributed by atoms with van der Waals surface area (Å²) >= 11 is 0. The Morgan fingerprint density at radius 3 is 2.12 bits per heavy atom. The second-order valence-electron chi connectivity index (χ2n) is 8.52. The lowest BCUT2D eigenvalue weighted by atomic mass is 9.95. The van der Waals surface area contributed by atoms with Gasteiger partial charge in [-0.25, -0.2) is 4.79 Å². The Bertz CT molecular complexity index is 1360. The summed E-state index contributed by atoms with van der Waals surface area (Å²) in [6.07, 6.45) is 0.755. The van der Waals surface area contributed by atoms with E-state index in [1.165, 1.54) is 5.56 Å². The predicted molar refractivity (Wildman–Crippen MR) is 136 cm³/mol. The Hall–Kier alpha value is -3.86. The first kappa shape index (κ1) is 22.3. The van der Waals surface area contributed by atoms with E-state index in [-0.39, 0.29) is 11.6 Å². The largest absolute Gasteiger partial charge is 0.327 e. The highest BCUT2D eigenvalue weighted by Crippen LogP contribution is 2.35. The first-order chi connectivity index (χ1) is 15.9. The van der Waals surface area contributed by atoms with Gasteiger partial charge in [-0.15, -0.1) is 0 Å². The second kappa shape index (κ2) is 9.33. The summed E-state index contributed by atoms with van der Waals surface area (Å²) in [5.74, 6) is 0.499. The minimum absolute atomic E-state index is 0.130. The van der Waals surface area contributed by atoms with Gasteiger partial charge in [0.05, 0.1) is 0 Å². The van der Waals surface area contributed by atoms with Crippen LogP contribution in [0.1, 0.15) is 16.7 Å². The van der Waals surface area contributed by atoms with Crippen molar-refractivity contribution in [2.45, 2.75) is 20.3 Å². The molecule has 3 aromatic carbocycles. The van der Waals surface area contributed by atoms with Gasteiger partial charge in [0, 0.05) is 31.6 Å². The molecule has 5 heteroatoms. The maximum Gasteiger partial charge on any atom is 0.322 e. The molecule has 4 rings (SSSR count). The zero-order valence-electron chi connectivity index (χ0n) is 19.6. The van der Waals surface area contributed by atoms with Crippen molar-refractivity contribution in [1.29, 1.82) is 0 Å². The SMILES string of the molecule is Cc1cc2c(-c3ccccc3)c(NC(=O)N(C)CCc3ccccc3)n(C)c(=O)c2cc1C. The Balaban J connectivity index is 1.76. The van der Waals surface area contributed by atoms with E-state index in [4.69, 9.17) is 0 Å². The van der Waals surface area contributed by atoms with E-state index in [0.717, 1.165) is 34.1 Å². The summed E-state index contributed by atoms with van der Waals surface area (Å²) in [4.78, 5) is 28.0. The lowest BCUT2D eigenvalue weighted by Gasteiger charge is -2.22. The Labute approximate surface area is 194 Å². The molecule has 0 bridgehead atoms. The number of rotatable bonds is 5. The van der Waals surface area contributed by atoms with Gasteiger partial charge in [-0.2, -0.15) is 0 Å². The van der Waals surface area contributed by atoms with E-state index in [9.17, 15) is 9.59 Å². The molecule has 0 aliphatic heterocycles. The number of fused-ring (bicyclic) bond motifs is 1. The maximum atomic E-state index is 13.3. The molecule has 0 atom stereocenters. The highest BCUT2D eigenvalue weighted by Gasteiger charge is 2.20. The molecule has 33 heavy (non-hydrogen) atoms. The van der Waals surface area contributed by atoms with Crippen molar-refractivity contribution < 1.29 is 4.79 Å². The number of anilines is 1. The third kappa shape index (κ3) is 4.53. The van der Waals surface area contributed by atoms with Crippen LogP contribution in [0.3, 0.4) is 0 Å². The van der Waals surface area contributed by atoms with Gasteiger partial charge in [-0.05, 0) is 54.0 Å². The Morgan fingerprint density at radius 2 is 1.48 bits per heavy atom. The van der Waals surface area contributed by atoms with Gasteiger partial charge in [-0.1, -0.05) is 66.7 Å². The van der Waals surface area contributed by atoms with Gasteiger partial charge < -0.3 is 4.90 Å². The molecule has 5 nitrogen and oxygen atoms in total.